The van der Waals surface area contributed by atoms with Crippen LogP contribution in [0.5, 0.6) is 0 Å². The van der Waals surface area contributed by atoms with Gasteiger partial charge in [-0.2, -0.15) is 18.5 Å². The van der Waals surface area contributed by atoms with Crippen molar-refractivity contribution < 1.29 is 35.4 Å². The Morgan fingerprint density at radius 2 is 1.10 bits per heavy atom. The van der Waals surface area contributed by atoms with Crippen LogP contribution in [0.1, 0.15) is 86.3 Å². The number of hydrogen-bond acceptors (Lipinski definition) is 18. The average molecular weight is 701 g/mol. The molecule has 0 radical (unpaired) electrons. The van der Waals surface area contributed by atoms with Crippen LogP contribution in [0.15, 0.2) is 18.8 Å². The Kier molecular flexibility index (Phi) is 5.76. The second kappa shape index (κ2) is 9.68. The van der Waals surface area contributed by atoms with Crippen molar-refractivity contribution in [2.24, 2.45) is 32.3 Å². The van der Waals surface area contributed by atoms with Gasteiger partial charge in [0.2, 0.25) is 23.6 Å². The topological polar surface area (TPSA) is 278 Å². The number of nitrogens with zero attached hydrogens (tertiary/aromatic N) is 10. The van der Waals surface area contributed by atoms with E-state index in [1.54, 1.807) is 0 Å². The van der Waals surface area contributed by atoms with Crippen LogP contribution in [0.2, 0.25) is 0 Å². The molecule has 0 aromatic carbocycles. The third kappa shape index (κ3) is 4.40. The van der Waals surface area contributed by atoms with Crippen molar-refractivity contribution in [3.63, 3.8) is 0 Å². The lowest BCUT2D eigenvalue weighted by atomic mass is 9.85. The number of rotatable bonds is 8. The first-order chi connectivity index (χ1) is 23.5. The summed E-state index contributed by atoms with van der Waals surface area (Å²) in [5.41, 5.74) is 10.6. The molecule has 6 aliphatic heterocycles. The molecular weight excluding hydrogens is 668 g/mol. The Hall–Kier alpha value is -4.77. The van der Waals surface area contributed by atoms with Gasteiger partial charge in [0.1, 0.15) is 24.2 Å². The van der Waals surface area contributed by atoms with Gasteiger partial charge < -0.3 is 40.7 Å². The molecule has 6 fully saturated rings. The largest absolute Gasteiger partial charge is 0.442 e. The molecule has 2 aromatic heterocycles. The van der Waals surface area contributed by atoms with Crippen LogP contribution in [0, 0.1) is 10.8 Å². The number of hydrogen-bond donors (Lipinski definition) is 4. The molecule has 2 saturated carbocycles. The number of nitrogens with two attached hydrogens (primary N) is 2. The lowest BCUT2D eigenvalue weighted by Crippen LogP contribution is -2.45. The highest BCUT2D eigenvalue weighted by Gasteiger charge is 2.67. The van der Waals surface area contributed by atoms with E-state index in [0.717, 1.165) is 35.8 Å². The molecule has 2 aromatic rings. The summed E-state index contributed by atoms with van der Waals surface area (Å²) >= 11 is 0. The Morgan fingerprint density at radius 3 is 1.47 bits per heavy atom. The van der Waals surface area contributed by atoms with E-state index in [9.17, 15) is 18.0 Å². The van der Waals surface area contributed by atoms with Crippen LogP contribution >= 0.6 is 0 Å². The van der Waals surface area contributed by atoms with E-state index < -0.39 is 57.5 Å². The second-order valence-corrected chi connectivity index (χ2v) is 15.2. The number of aromatic nitrogens is 4. The van der Waals surface area contributed by atoms with Crippen molar-refractivity contribution >= 4 is 34.4 Å². The fourth-order valence-electron chi connectivity index (χ4n) is 8.32. The van der Waals surface area contributed by atoms with Crippen molar-refractivity contribution in [2.75, 3.05) is 26.2 Å². The normalized spacial score (nSPS) is 33.4. The summed E-state index contributed by atoms with van der Waals surface area (Å²) in [6, 6.07) is -4.37. The highest BCUT2D eigenvalue weighted by atomic mass is 32.3. The summed E-state index contributed by atoms with van der Waals surface area (Å²) in [4.78, 5) is 38.6. The lowest BCUT2D eigenvalue weighted by molar-refractivity contribution is -0.101. The van der Waals surface area contributed by atoms with Gasteiger partial charge in [-0.15, -0.1) is 29.0 Å². The summed E-state index contributed by atoms with van der Waals surface area (Å²) in [5, 5.41) is 24.4. The van der Waals surface area contributed by atoms with Crippen LogP contribution in [0.4, 0.5) is 9.59 Å². The minimum Gasteiger partial charge on any atom is -0.421 e. The minimum absolute atomic E-state index is 0.194. The summed E-state index contributed by atoms with van der Waals surface area (Å²) in [7, 11) is -4.94. The number of carbonyl (C=O) groups excluding carboxylic acids is 2. The van der Waals surface area contributed by atoms with E-state index in [4.69, 9.17) is 28.9 Å². The predicted molar refractivity (Wildman–Crippen MR) is 158 cm³/mol. The maximum absolute atomic E-state index is 13.7. The van der Waals surface area contributed by atoms with Gasteiger partial charge in [0, 0.05) is 13.1 Å². The Morgan fingerprint density at radius 1 is 0.694 bits per heavy atom. The van der Waals surface area contributed by atoms with Gasteiger partial charge in [-0.25, -0.2) is 9.59 Å². The first kappa shape index (κ1) is 29.2. The van der Waals surface area contributed by atoms with Gasteiger partial charge in [0.15, 0.2) is 11.9 Å². The molecule has 2 aliphatic carbocycles. The molecule has 6 atom stereocenters. The fourth-order valence-corrected chi connectivity index (χ4v) is 9.08. The first-order valence-electron chi connectivity index (χ1n) is 16.1. The van der Waals surface area contributed by atoms with Crippen LogP contribution in [-0.2, 0) is 19.0 Å². The van der Waals surface area contributed by atoms with Crippen LogP contribution in [0.3, 0.4) is 0 Å². The molecule has 8 heterocycles. The summed E-state index contributed by atoms with van der Waals surface area (Å²) in [6.45, 7) is 1.07. The quantitative estimate of drug-likeness (QED) is 0.253. The minimum atomic E-state index is -4.94. The van der Waals surface area contributed by atoms with E-state index in [0.29, 0.717) is 37.7 Å². The Balaban J connectivity index is 0.855. The molecule has 0 unspecified atom stereocenters. The zero-order chi connectivity index (χ0) is 33.4. The average Bonchev–Trinajstić information content (AvgIpc) is 3.52. The summed E-state index contributed by atoms with van der Waals surface area (Å²) in [6.07, 6.45) is 4.00. The molecule has 8 aliphatic rings. The van der Waals surface area contributed by atoms with Gasteiger partial charge in [0.05, 0.1) is 25.2 Å². The molecule has 10 rings (SSSR count). The van der Waals surface area contributed by atoms with E-state index in [1.807, 2.05) is 0 Å². The third-order valence-electron chi connectivity index (χ3n) is 11.3. The van der Waals surface area contributed by atoms with Gasteiger partial charge in [0.25, 0.3) is 0 Å². The van der Waals surface area contributed by atoms with E-state index >= 15 is 0 Å². The number of piperidine rings is 2. The third-order valence-corrected chi connectivity index (χ3v) is 12.0. The maximum atomic E-state index is 13.7. The van der Waals surface area contributed by atoms with Crippen LogP contribution in [-0.4, -0.2) is 111 Å². The van der Waals surface area contributed by atoms with Crippen molar-refractivity contribution in [2.45, 2.75) is 74.8 Å². The fraction of sp³-hybridized carbons (Fsp3) is 0.692. The highest BCUT2D eigenvalue weighted by molar-refractivity contribution is 7.81. The number of guanidine groups is 2. The molecule has 4 saturated heterocycles. The number of amides is 4. The van der Waals surface area contributed by atoms with Gasteiger partial charge in [-0.05, 0) is 49.4 Å². The molecular formula is C26H32N14O8S. The Bertz CT molecular complexity index is 1810. The van der Waals surface area contributed by atoms with Gasteiger partial charge in [-0.3, -0.25) is 9.98 Å². The molecule has 49 heavy (non-hydrogen) atoms. The van der Waals surface area contributed by atoms with Crippen LogP contribution in [0.25, 0.3) is 0 Å². The molecule has 4 amide bonds. The van der Waals surface area contributed by atoms with Crippen molar-refractivity contribution in [1.82, 2.24) is 51.0 Å². The number of aliphatic imine (C=N–C) groups is 2. The van der Waals surface area contributed by atoms with E-state index in [-0.39, 0.29) is 48.9 Å². The van der Waals surface area contributed by atoms with Gasteiger partial charge >= 0.3 is 22.5 Å². The summed E-state index contributed by atoms with van der Waals surface area (Å²) in [5.74, 6) is 1.60. The summed E-state index contributed by atoms with van der Waals surface area (Å²) < 4.78 is 49.8. The standard InChI is InChI=1S/C26H32N14O8S/c27-21-29-7-11(31-21)17-33-35-19(45-17)13-5-25(1-2-25)15-9-37(13)23(41)39(15)47-49(43,44)48-40-16-10-38(24(40)42)14(6-26(16)3-4-26)20-36-34-18(46-20)12-8-30-22(28)32-12/h11-16H,1-10H2,(H3,27,29,31)(H3,28,30,32)/t11-,12-,13-,14-,15-,16-/m0/s1. The van der Waals surface area contributed by atoms with Gasteiger partial charge in [-0.1, -0.05) is 0 Å². The molecule has 22 nitrogen and oxygen atoms in total. The predicted octanol–water partition coefficient (Wildman–Crippen LogP) is -1.16. The molecule has 2 spiro atoms. The molecule has 260 valence electrons. The van der Waals surface area contributed by atoms with Crippen molar-refractivity contribution in [1.29, 1.82) is 0 Å². The number of nitrogens with one attached hydrogen (secondary N) is 2. The maximum Gasteiger partial charge on any atom is 0.442 e. The molecule has 23 heteroatoms. The zero-order valence-electron chi connectivity index (χ0n) is 25.8. The molecule has 4 bridgehead atoms. The second-order valence-electron chi connectivity index (χ2n) is 14.1. The SMILES string of the molecule is NC1=NC[C@@H](c2nnc([C@@H]3CC4(CC4)[C@@H]4CN3C(=O)N4OS(=O)(=O)ON3C(=O)N4C[C@H]3C3(CC3)C[C@H]4c3nnc([C@@H]4CN=C(N)N4)o3)o2)N1. The van der Waals surface area contributed by atoms with Crippen molar-refractivity contribution in [3.8, 4) is 0 Å². The van der Waals surface area contributed by atoms with Crippen LogP contribution < -0.4 is 22.1 Å². The van der Waals surface area contributed by atoms with E-state index in [2.05, 4.69) is 41.0 Å². The van der Waals surface area contributed by atoms with Crippen molar-refractivity contribution in [3.05, 3.63) is 23.6 Å². The molecule has 6 N–H and O–H groups in total. The highest BCUT2D eigenvalue weighted by Crippen LogP contribution is 2.63. The smallest absolute Gasteiger partial charge is 0.421 e. The first-order valence-corrected chi connectivity index (χ1v) is 17.5. The Labute approximate surface area is 277 Å². The zero-order valence-corrected chi connectivity index (χ0v) is 26.7. The van der Waals surface area contributed by atoms with E-state index in [1.165, 1.54) is 9.80 Å². The monoisotopic (exact) mass is 700 g/mol. The number of carbonyl (C=O) groups is 2. The number of hydroxylamine groups is 4. The number of fused-ring (bicyclic) bond motifs is 6. The lowest BCUT2D eigenvalue weighted by Gasteiger charge is -2.35. The number of urea groups is 2.